The first-order chi connectivity index (χ1) is 8.06. The molecule has 0 amide bonds. The van der Waals surface area contributed by atoms with E-state index < -0.39 is 5.82 Å². The lowest BCUT2D eigenvalue weighted by molar-refractivity contribution is 0.628. The lowest BCUT2D eigenvalue weighted by Crippen LogP contribution is -1.98. The van der Waals surface area contributed by atoms with E-state index in [1.54, 1.807) is 6.20 Å². The molecule has 0 saturated carbocycles. The highest BCUT2D eigenvalue weighted by molar-refractivity contribution is 6.33. The zero-order chi connectivity index (χ0) is 12.4. The van der Waals surface area contributed by atoms with E-state index in [2.05, 4.69) is 15.3 Å². The van der Waals surface area contributed by atoms with Gasteiger partial charge in [0.05, 0.1) is 10.7 Å². The Labute approximate surface area is 108 Å². The minimum absolute atomic E-state index is 0.135. The number of hydrogen-bond donors (Lipinski definition) is 1. The molecule has 0 atom stereocenters. The molecule has 0 aliphatic heterocycles. The van der Waals surface area contributed by atoms with Gasteiger partial charge in [0.1, 0.15) is 11.6 Å². The highest BCUT2D eigenvalue weighted by atomic mass is 35.5. The summed E-state index contributed by atoms with van der Waals surface area (Å²) in [6, 6.07) is 4.07. The van der Waals surface area contributed by atoms with Gasteiger partial charge in [-0.25, -0.2) is 14.4 Å². The summed E-state index contributed by atoms with van der Waals surface area (Å²) in [6.07, 6.45) is 1.59. The molecule has 6 heteroatoms. The fourth-order valence-electron chi connectivity index (χ4n) is 1.27. The van der Waals surface area contributed by atoms with Gasteiger partial charge in [-0.2, -0.15) is 0 Å². The van der Waals surface area contributed by atoms with Crippen molar-refractivity contribution in [3.63, 3.8) is 0 Å². The quantitative estimate of drug-likeness (QED) is 0.840. The van der Waals surface area contributed by atoms with Gasteiger partial charge in [0, 0.05) is 11.8 Å². The van der Waals surface area contributed by atoms with Crippen LogP contribution in [0, 0.1) is 12.7 Å². The summed E-state index contributed by atoms with van der Waals surface area (Å²) < 4.78 is 12.9. The molecule has 17 heavy (non-hydrogen) atoms. The Balaban J connectivity index is 2.34. The van der Waals surface area contributed by atoms with Gasteiger partial charge in [-0.05, 0) is 36.7 Å². The summed E-state index contributed by atoms with van der Waals surface area (Å²) in [5, 5.41) is 3.39. The first-order valence-corrected chi connectivity index (χ1v) is 5.53. The number of halogens is 3. The first-order valence-electron chi connectivity index (χ1n) is 4.77. The number of aryl methyl sites for hydroxylation is 1. The second-order valence-corrected chi connectivity index (χ2v) is 4.17. The summed E-state index contributed by atoms with van der Waals surface area (Å²) in [7, 11) is 0. The molecule has 1 N–H and O–H groups in total. The number of nitrogens with one attached hydrogen (secondary N) is 1. The van der Waals surface area contributed by atoms with Crippen LogP contribution >= 0.6 is 23.2 Å². The fraction of sp³-hybridized carbons (Fsp3) is 0.0909. The van der Waals surface area contributed by atoms with Crippen molar-refractivity contribution in [3.05, 3.63) is 46.1 Å². The Hall–Kier alpha value is -1.39. The first kappa shape index (κ1) is 12.1. The molecule has 1 aromatic heterocycles. The van der Waals surface area contributed by atoms with Gasteiger partial charge >= 0.3 is 0 Å². The van der Waals surface area contributed by atoms with Crippen LogP contribution in [0.25, 0.3) is 0 Å². The number of nitrogens with zero attached hydrogens (tertiary/aromatic N) is 2. The van der Waals surface area contributed by atoms with E-state index in [4.69, 9.17) is 23.2 Å². The van der Waals surface area contributed by atoms with Crippen molar-refractivity contribution < 1.29 is 4.39 Å². The second kappa shape index (κ2) is 4.85. The van der Waals surface area contributed by atoms with Crippen molar-refractivity contribution in [1.29, 1.82) is 0 Å². The topological polar surface area (TPSA) is 37.8 Å². The van der Waals surface area contributed by atoms with Crippen molar-refractivity contribution in [2.24, 2.45) is 0 Å². The Bertz CT molecular complexity index is 560. The standard InChI is InChI=1S/C11H8Cl2FN3/c1-6-5-15-11(13)17-10(6)16-9-3-2-7(14)4-8(9)12/h2-5H,1H3,(H,15,16,17). The molecule has 3 nitrogen and oxygen atoms in total. The predicted octanol–water partition coefficient (Wildman–Crippen LogP) is 3.97. The molecule has 2 rings (SSSR count). The Morgan fingerprint density at radius 2 is 2.06 bits per heavy atom. The number of anilines is 2. The molecule has 0 aliphatic carbocycles. The van der Waals surface area contributed by atoms with Gasteiger partial charge in [-0.1, -0.05) is 11.6 Å². The molecule has 0 radical (unpaired) electrons. The lowest BCUT2D eigenvalue weighted by atomic mass is 10.3. The van der Waals surface area contributed by atoms with E-state index in [9.17, 15) is 4.39 Å². The molecule has 0 bridgehead atoms. The van der Waals surface area contributed by atoms with E-state index >= 15 is 0 Å². The van der Waals surface area contributed by atoms with Crippen molar-refractivity contribution in [2.75, 3.05) is 5.32 Å². The van der Waals surface area contributed by atoms with Crippen LogP contribution in [-0.2, 0) is 0 Å². The molecule has 0 spiro atoms. The van der Waals surface area contributed by atoms with Gasteiger partial charge in [0.25, 0.3) is 0 Å². The summed E-state index contributed by atoms with van der Waals surface area (Å²) in [6.45, 7) is 1.83. The van der Waals surface area contributed by atoms with E-state index in [0.29, 0.717) is 11.5 Å². The SMILES string of the molecule is Cc1cnc(Cl)nc1Nc1ccc(F)cc1Cl. The molecular formula is C11H8Cl2FN3. The van der Waals surface area contributed by atoms with Crippen LogP contribution in [0.5, 0.6) is 0 Å². The number of hydrogen-bond acceptors (Lipinski definition) is 3. The third kappa shape index (κ3) is 2.84. The largest absolute Gasteiger partial charge is 0.339 e. The van der Waals surface area contributed by atoms with Gasteiger partial charge in [-0.3, -0.25) is 0 Å². The van der Waals surface area contributed by atoms with Crippen LogP contribution in [0.3, 0.4) is 0 Å². The van der Waals surface area contributed by atoms with Crippen LogP contribution in [0.1, 0.15) is 5.56 Å². The van der Waals surface area contributed by atoms with Crippen LogP contribution in [0.15, 0.2) is 24.4 Å². The maximum Gasteiger partial charge on any atom is 0.224 e. The smallest absolute Gasteiger partial charge is 0.224 e. The molecular weight excluding hydrogens is 264 g/mol. The maximum absolute atomic E-state index is 12.9. The second-order valence-electron chi connectivity index (χ2n) is 3.42. The maximum atomic E-state index is 12.9. The minimum Gasteiger partial charge on any atom is -0.339 e. The highest BCUT2D eigenvalue weighted by Crippen LogP contribution is 2.26. The summed E-state index contributed by atoms with van der Waals surface area (Å²) in [5.41, 5.74) is 1.38. The summed E-state index contributed by atoms with van der Waals surface area (Å²) in [5.74, 6) is 0.150. The molecule has 1 heterocycles. The van der Waals surface area contributed by atoms with E-state index in [0.717, 1.165) is 5.56 Å². The van der Waals surface area contributed by atoms with E-state index in [1.165, 1.54) is 18.2 Å². The molecule has 0 unspecified atom stereocenters. The van der Waals surface area contributed by atoms with Crippen molar-refractivity contribution in [1.82, 2.24) is 9.97 Å². The average Bonchev–Trinajstić information content (AvgIpc) is 2.27. The van der Waals surface area contributed by atoms with Crippen LogP contribution < -0.4 is 5.32 Å². The number of aromatic nitrogens is 2. The number of benzene rings is 1. The Morgan fingerprint density at radius 3 is 2.76 bits per heavy atom. The monoisotopic (exact) mass is 271 g/mol. The van der Waals surface area contributed by atoms with Crippen molar-refractivity contribution >= 4 is 34.7 Å². The zero-order valence-corrected chi connectivity index (χ0v) is 10.3. The van der Waals surface area contributed by atoms with Crippen molar-refractivity contribution in [2.45, 2.75) is 6.92 Å². The molecule has 88 valence electrons. The third-order valence-electron chi connectivity index (χ3n) is 2.13. The summed E-state index contributed by atoms with van der Waals surface area (Å²) >= 11 is 11.6. The van der Waals surface area contributed by atoms with Crippen LogP contribution in [-0.4, -0.2) is 9.97 Å². The third-order valence-corrected chi connectivity index (χ3v) is 2.62. The van der Waals surface area contributed by atoms with Gasteiger partial charge < -0.3 is 5.32 Å². The highest BCUT2D eigenvalue weighted by Gasteiger charge is 2.06. The molecule has 1 aromatic carbocycles. The van der Waals surface area contributed by atoms with Crippen LogP contribution in [0.2, 0.25) is 10.3 Å². The van der Waals surface area contributed by atoms with Crippen molar-refractivity contribution in [3.8, 4) is 0 Å². The Morgan fingerprint density at radius 1 is 1.29 bits per heavy atom. The van der Waals surface area contributed by atoms with Crippen LogP contribution in [0.4, 0.5) is 15.9 Å². The van der Waals surface area contributed by atoms with Gasteiger partial charge in [-0.15, -0.1) is 0 Å². The molecule has 2 aromatic rings. The van der Waals surface area contributed by atoms with Gasteiger partial charge in [0.15, 0.2) is 0 Å². The summed E-state index contributed by atoms with van der Waals surface area (Å²) in [4.78, 5) is 7.86. The minimum atomic E-state index is -0.391. The normalized spacial score (nSPS) is 10.4. The predicted molar refractivity (Wildman–Crippen MR) is 66.5 cm³/mol. The Kier molecular flexibility index (Phi) is 3.45. The van der Waals surface area contributed by atoms with E-state index in [1.807, 2.05) is 6.92 Å². The number of rotatable bonds is 2. The molecule has 0 saturated heterocycles. The van der Waals surface area contributed by atoms with E-state index in [-0.39, 0.29) is 10.3 Å². The lowest BCUT2D eigenvalue weighted by Gasteiger charge is -2.09. The fourth-order valence-corrected chi connectivity index (χ4v) is 1.61. The average molecular weight is 272 g/mol. The molecule has 0 fully saturated rings. The molecule has 0 aliphatic rings. The zero-order valence-electron chi connectivity index (χ0n) is 8.84. The van der Waals surface area contributed by atoms with Gasteiger partial charge in [0.2, 0.25) is 5.28 Å².